The van der Waals surface area contributed by atoms with Crippen LogP contribution in [0.5, 0.6) is 0 Å². The molecule has 9 nitrogen and oxygen atoms in total. The average Bonchev–Trinajstić information content (AvgIpc) is 3.34. The molecule has 40 heavy (non-hydrogen) atoms. The largest absolute Gasteiger partial charge is 0.490 e. The lowest BCUT2D eigenvalue weighted by atomic mass is 10.1. The number of halogens is 6. The molecule has 0 radical (unpaired) electrons. The lowest BCUT2D eigenvalue weighted by Gasteiger charge is -2.10. The monoisotopic (exact) mass is 568 g/mol. The number of hydrogen-bond acceptors (Lipinski definition) is 5. The van der Waals surface area contributed by atoms with Crippen LogP contribution in [0, 0.1) is 0 Å². The molecule has 0 spiro atoms. The van der Waals surface area contributed by atoms with Gasteiger partial charge in [-0.25, -0.2) is 9.59 Å². The van der Waals surface area contributed by atoms with Crippen LogP contribution in [0.1, 0.15) is 15.9 Å². The quantitative estimate of drug-likeness (QED) is 0.300. The van der Waals surface area contributed by atoms with Gasteiger partial charge in [0.05, 0.1) is 16.8 Å². The lowest BCUT2D eigenvalue weighted by molar-refractivity contribution is -0.193. The molecule has 0 unspecified atom stereocenters. The van der Waals surface area contributed by atoms with E-state index in [-0.39, 0.29) is 5.91 Å². The number of nitrogens with zero attached hydrogens (tertiary/aromatic N) is 3. The standard InChI is InChI=1S/C21H16N4O.2C2HF3O2/c26-21-18-13-25(12-15(18)5-7-23-21)17-6-8-22-20(10-17)16-9-14-3-1-2-4-19(14)24-11-16;2*3-2(4,5)1(6)7/h1-4,6,8-13H,5,7H2,(H,23,26);2*(H,6,7). The second-order valence-corrected chi connectivity index (χ2v) is 8.03. The Kier molecular flexibility index (Phi) is 8.76. The number of para-hydroxylation sites is 1. The van der Waals surface area contributed by atoms with Gasteiger partial charge in [-0.2, -0.15) is 26.3 Å². The SMILES string of the molecule is O=C(O)C(F)(F)F.O=C(O)C(F)(F)F.O=C1NCCc2cn(-c3ccnc(-c4cnc5ccccc5c4)c3)cc21. The summed E-state index contributed by atoms with van der Waals surface area (Å²) < 4.78 is 65.5. The van der Waals surface area contributed by atoms with Gasteiger partial charge in [-0.05, 0) is 36.2 Å². The zero-order valence-electron chi connectivity index (χ0n) is 20.0. The molecular weight excluding hydrogens is 550 g/mol. The van der Waals surface area contributed by atoms with Gasteiger partial charge in [0.2, 0.25) is 0 Å². The fourth-order valence-electron chi connectivity index (χ4n) is 3.40. The highest BCUT2D eigenvalue weighted by Crippen LogP contribution is 2.24. The van der Waals surface area contributed by atoms with Crippen LogP contribution in [0.2, 0.25) is 0 Å². The number of carbonyl (C=O) groups is 3. The highest BCUT2D eigenvalue weighted by atomic mass is 19.4. The number of rotatable bonds is 2. The fraction of sp³-hybridized carbons (Fsp3) is 0.160. The molecule has 3 aromatic heterocycles. The maximum absolute atomic E-state index is 12.0. The molecule has 3 N–H and O–H groups in total. The first-order chi connectivity index (χ1) is 18.7. The van der Waals surface area contributed by atoms with E-state index in [1.165, 1.54) is 0 Å². The Balaban J connectivity index is 0.000000263. The number of nitrogens with one attached hydrogen (secondary N) is 1. The van der Waals surface area contributed by atoms with Crippen molar-refractivity contribution >= 4 is 28.7 Å². The number of carboxylic acids is 2. The molecule has 210 valence electrons. The predicted molar refractivity (Wildman–Crippen MR) is 128 cm³/mol. The number of aliphatic carboxylic acids is 2. The van der Waals surface area contributed by atoms with E-state index in [4.69, 9.17) is 19.8 Å². The van der Waals surface area contributed by atoms with Crippen molar-refractivity contribution in [3.05, 3.63) is 78.4 Å². The fourth-order valence-corrected chi connectivity index (χ4v) is 3.40. The Labute approximate surface area is 220 Å². The topological polar surface area (TPSA) is 134 Å². The summed E-state index contributed by atoms with van der Waals surface area (Å²) in [5, 5.41) is 18.2. The van der Waals surface area contributed by atoms with Crippen LogP contribution in [0.15, 0.2) is 67.3 Å². The summed E-state index contributed by atoms with van der Waals surface area (Å²) in [5.41, 5.74) is 5.61. The van der Waals surface area contributed by atoms with Crippen LogP contribution in [-0.4, -0.2) is 61.5 Å². The smallest absolute Gasteiger partial charge is 0.475 e. The number of carboxylic acid groups (broad SMARTS) is 2. The van der Waals surface area contributed by atoms with Gasteiger partial charge in [-0.3, -0.25) is 14.8 Å². The van der Waals surface area contributed by atoms with Crippen molar-refractivity contribution in [1.82, 2.24) is 19.9 Å². The molecule has 4 heterocycles. The van der Waals surface area contributed by atoms with Crippen molar-refractivity contribution in [1.29, 1.82) is 0 Å². The van der Waals surface area contributed by atoms with Crippen LogP contribution >= 0.6 is 0 Å². The van der Waals surface area contributed by atoms with Gasteiger partial charge in [-0.1, -0.05) is 18.2 Å². The van der Waals surface area contributed by atoms with E-state index in [0.717, 1.165) is 45.4 Å². The van der Waals surface area contributed by atoms with Crippen molar-refractivity contribution in [2.24, 2.45) is 0 Å². The third-order valence-corrected chi connectivity index (χ3v) is 5.25. The van der Waals surface area contributed by atoms with Gasteiger partial charge in [0.25, 0.3) is 5.91 Å². The summed E-state index contributed by atoms with van der Waals surface area (Å²) in [6.45, 7) is 0.695. The number of fused-ring (bicyclic) bond motifs is 2. The van der Waals surface area contributed by atoms with E-state index in [1.54, 1.807) is 6.20 Å². The first-order valence-electron chi connectivity index (χ1n) is 11.1. The number of amides is 1. The minimum Gasteiger partial charge on any atom is -0.475 e. The summed E-state index contributed by atoms with van der Waals surface area (Å²) in [5.74, 6) is -5.52. The summed E-state index contributed by atoms with van der Waals surface area (Å²) in [6, 6.07) is 14.1. The molecule has 1 aromatic carbocycles. The van der Waals surface area contributed by atoms with E-state index >= 15 is 0 Å². The van der Waals surface area contributed by atoms with E-state index in [1.807, 2.05) is 59.6 Å². The van der Waals surface area contributed by atoms with Crippen molar-refractivity contribution in [3.63, 3.8) is 0 Å². The maximum Gasteiger partial charge on any atom is 0.490 e. The second kappa shape index (κ2) is 11.8. The van der Waals surface area contributed by atoms with Crippen LogP contribution in [0.25, 0.3) is 27.8 Å². The summed E-state index contributed by atoms with van der Waals surface area (Å²) in [6.07, 6.45) is -1.74. The molecule has 15 heteroatoms. The lowest BCUT2D eigenvalue weighted by Crippen LogP contribution is -2.30. The van der Waals surface area contributed by atoms with Crippen molar-refractivity contribution in [2.75, 3.05) is 6.54 Å². The third-order valence-electron chi connectivity index (χ3n) is 5.25. The average molecular weight is 568 g/mol. The molecule has 1 aliphatic heterocycles. The number of alkyl halides is 6. The van der Waals surface area contributed by atoms with Gasteiger partial charge in [-0.15, -0.1) is 0 Å². The van der Waals surface area contributed by atoms with E-state index in [2.05, 4.69) is 21.4 Å². The van der Waals surface area contributed by atoms with Crippen LogP contribution in [-0.2, 0) is 16.0 Å². The molecule has 0 saturated carbocycles. The molecule has 0 fully saturated rings. The summed E-state index contributed by atoms with van der Waals surface area (Å²) >= 11 is 0. The molecule has 0 bridgehead atoms. The molecule has 0 atom stereocenters. The molecule has 0 saturated heterocycles. The summed E-state index contributed by atoms with van der Waals surface area (Å²) in [7, 11) is 0. The normalized spacial score (nSPS) is 12.7. The minimum atomic E-state index is -5.08. The molecule has 0 aliphatic carbocycles. The Morgan fingerprint density at radius 1 is 0.900 bits per heavy atom. The number of carbonyl (C=O) groups excluding carboxylic acids is 1. The molecular formula is C25H18F6N4O5. The van der Waals surface area contributed by atoms with Crippen molar-refractivity contribution in [2.45, 2.75) is 18.8 Å². The van der Waals surface area contributed by atoms with Gasteiger partial charge >= 0.3 is 24.3 Å². The van der Waals surface area contributed by atoms with Gasteiger partial charge in [0, 0.05) is 48.0 Å². The van der Waals surface area contributed by atoms with Gasteiger partial charge < -0.3 is 20.1 Å². The summed E-state index contributed by atoms with van der Waals surface area (Å²) in [4.78, 5) is 38.8. The zero-order valence-corrected chi connectivity index (χ0v) is 20.0. The van der Waals surface area contributed by atoms with Crippen molar-refractivity contribution < 1.29 is 50.9 Å². The van der Waals surface area contributed by atoms with Crippen LogP contribution < -0.4 is 5.32 Å². The number of benzene rings is 1. The first-order valence-corrected chi connectivity index (χ1v) is 11.1. The van der Waals surface area contributed by atoms with Gasteiger partial charge in [0.15, 0.2) is 0 Å². The zero-order chi connectivity index (χ0) is 29.7. The maximum atomic E-state index is 12.0. The Bertz CT molecular complexity index is 1520. The highest BCUT2D eigenvalue weighted by molar-refractivity contribution is 5.96. The number of hydrogen-bond donors (Lipinski definition) is 3. The number of pyridine rings is 2. The molecule has 4 aromatic rings. The van der Waals surface area contributed by atoms with Crippen molar-refractivity contribution in [3.8, 4) is 16.9 Å². The second-order valence-electron chi connectivity index (χ2n) is 8.03. The Hall–Kier alpha value is -4.95. The Morgan fingerprint density at radius 2 is 1.52 bits per heavy atom. The van der Waals surface area contributed by atoms with Crippen LogP contribution in [0.3, 0.4) is 0 Å². The van der Waals surface area contributed by atoms with E-state index in [9.17, 15) is 31.1 Å². The Morgan fingerprint density at radius 3 is 2.12 bits per heavy atom. The van der Waals surface area contributed by atoms with E-state index in [0.29, 0.717) is 6.54 Å². The van der Waals surface area contributed by atoms with E-state index < -0.39 is 24.3 Å². The number of aromatic nitrogens is 3. The first kappa shape index (κ1) is 29.6. The molecule has 5 rings (SSSR count). The minimum absolute atomic E-state index is 0.00184. The molecule has 1 aliphatic rings. The third kappa shape index (κ3) is 7.55. The highest BCUT2D eigenvalue weighted by Gasteiger charge is 2.38. The van der Waals surface area contributed by atoms with Gasteiger partial charge in [0.1, 0.15) is 0 Å². The predicted octanol–water partition coefficient (Wildman–Crippen LogP) is 4.64. The van der Waals surface area contributed by atoms with Crippen LogP contribution in [0.4, 0.5) is 26.3 Å². The molecule has 1 amide bonds.